The molecular formula is C22H29NO4S. The second-order valence-electron chi connectivity index (χ2n) is 7.41. The normalized spacial score (nSPS) is 11.4. The number of nitrogens with zero attached hydrogens (tertiary/aromatic N) is 1. The summed E-state index contributed by atoms with van der Waals surface area (Å²) in [6.45, 7) is 5.49. The second kappa shape index (κ2) is 10.3. The Balaban J connectivity index is 2.02. The maximum Gasteiger partial charge on any atom is 0.306 e. The van der Waals surface area contributed by atoms with Crippen molar-refractivity contribution in [3.63, 3.8) is 0 Å². The molecule has 1 amide bonds. The molecule has 0 fully saturated rings. The van der Waals surface area contributed by atoms with Crippen molar-refractivity contribution in [2.45, 2.75) is 39.7 Å². The van der Waals surface area contributed by atoms with Crippen molar-refractivity contribution >= 4 is 16.0 Å². The van der Waals surface area contributed by atoms with E-state index in [0.717, 1.165) is 30.2 Å². The van der Waals surface area contributed by atoms with E-state index in [1.54, 1.807) is 24.3 Å². The van der Waals surface area contributed by atoms with Gasteiger partial charge in [-0.25, -0.2) is 0 Å². The lowest BCUT2D eigenvalue weighted by Crippen LogP contribution is -2.32. The van der Waals surface area contributed by atoms with Crippen LogP contribution in [-0.4, -0.2) is 32.0 Å². The maximum absolute atomic E-state index is 12.8. The van der Waals surface area contributed by atoms with Gasteiger partial charge in [-0.1, -0.05) is 56.3 Å². The maximum atomic E-state index is 12.8. The Labute approximate surface area is 168 Å². The summed E-state index contributed by atoms with van der Waals surface area (Å²) in [4.78, 5) is 14.7. The third-order valence-electron chi connectivity index (χ3n) is 4.34. The van der Waals surface area contributed by atoms with E-state index >= 15 is 0 Å². The molecule has 0 bridgehead atoms. The lowest BCUT2D eigenvalue weighted by molar-refractivity contribution is -0.132. The molecule has 2 rings (SSSR count). The summed E-state index contributed by atoms with van der Waals surface area (Å²) >= 11 is 0. The monoisotopic (exact) mass is 403 g/mol. The van der Waals surface area contributed by atoms with Gasteiger partial charge in [0, 0.05) is 19.5 Å². The molecule has 0 N–H and O–H groups in total. The van der Waals surface area contributed by atoms with Crippen molar-refractivity contribution in [3.8, 4) is 5.75 Å². The summed E-state index contributed by atoms with van der Waals surface area (Å²) in [6, 6.07) is 16.8. The highest BCUT2D eigenvalue weighted by Gasteiger charge is 2.15. The van der Waals surface area contributed by atoms with Gasteiger partial charge in [0.2, 0.25) is 5.91 Å². The number of rotatable bonds is 10. The van der Waals surface area contributed by atoms with Crippen LogP contribution >= 0.6 is 0 Å². The largest absolute Gasteiger partial charge is 0.383 e. The number of benzene rings is 2. The Kier molecular flexibility index (Phi) is 8.05. The quantitative estimate of drug-likeness (QED) is 0.562. The Bertz CT molecular complexity index is 846. The van der Waals surface area contributed by atoms with E-state index in [1.807, 2.05) is 35.2 Å². The Hall–Kier alpha value is -2.34. The van der Waals surface area contributed by atoms with Crippen LogP contribution in [0.1, 0.15) is 37.8 Å². The van der Waals surface area contributed by atoms with Crippen LogP contribution in [-0.2, 0) is 27.9 Å². The number of hydrogen-bond donors (Lipinski definition) is 0. The van der Waals surface area contributed by atoms with Crippen LogP contribution in [0.5, 0.6) is 5.75 Å². The lowest BCUT2D eigenvalue weighted by atomic mass is 10.1. The summed E-state index contributed by atoms with van der Waals surface area (Å²) in [5, 5.41) is 0. The van der Waals surface area contributed by atoms with Crippen LogP contribution in [0.25, 0.3) is 0 Å². The SMILES string of the molecule is CC(C)CCN(Cc1ccc(OS(C)(=O)=O)cc1)C(=O)CCc1ccccc1. The topological polar surface area (TPSA) is 63.7 Å². The first kappa shape index (κ1) is 22.0. The van der Waals surface area contributed by atoms with Gasteiger partial charge in [-0.2, -0.15) is 8.42 Å². The minimum Gasteiger partial charge on any atom is -0.383 e. The fraction of sp³-hybridized carbons (Fsp3) is 0.409. The van der Waals surface area contributed by atoms with Crippen LogP contribution in [0.2, 0.25) is 0 Å². The second-order valence-corrected chi connectivity index (χ2v) is 8.99. The predicted octanol–water partition coefficient (Wildman–Crippen LogP) is 4.03. The van der Waals surface area contributed by atoms with E-state index < -0.39 is 10.1 Å². The number of hydrogen-bond acceptors (Lipinski definition) is 4. The van der Waals surface area contributed by atoms with Crippen LogP contribution in [0.15, 0.2) is 54.6 Å². The molecular weight excluding hydrogens is 374 g/mol. The van der Waals surface area contributed by atoms with Gasteiger partial charge >= 0.3 is 10.1 Å². The van der Waals surface area contributed by atoms with Gasteiger partial charge in [0.15, 0.2) is 0 Å². The smallest absolute Gasteiger partial charge is 0.306 e. The Morgan fingerprint density at radius 1 is 1.00 bits per heavy atom. The highest BCUT2D eigenvalue weighted by atomic mass is 32.2. The minimum atomic E-state index is -3.54. The molecule has 6 heteroatoms. The molecule has 152 valence electrons. The lowest BCUT2D eigenvalue weighted by Gasteiger charge is -2.24. The fourth-order valence-corrected chi connectivity index (χ4v) is 3.27. The molecule has 0 saturated heterocycles. The molecule has 0 unspecified atom stereocenters. The molecule has 0 spiro atoms. The molecule has 0 heterocycles. The van der Waals surface area contributed by atoms with Gasteiger partial charge in [0.05, 0.1) is 6.26 Å². The molecule has 5 nitrogen and oxygen atoms in total. The van der Waals surface area contributed by atoms with E-state index in [4.69, 9.17) is 4.18 Å². The average molecular weight is 404 g/mol. The van der Waals surface area contributed by atoms with Crippen molar-refractivity contribution in [1.29, 1.82) is 0 Å². The Morgan fingerprint density at radius 3 is 2.21 bits per heavy atom. The molecule has 0 aliphatic heterocycles. The summed E-state index contributed by atoms with van der Waals surface area (Å²) in [5.41, 5.74) is 2.10. The molecule has 0 aliphatic carbocycles. The third-order valence-corrected chi connectivity index (χ3v) is 4.84. The highest BCUT2D eigenvalue weighted by Crippen LogP contribution is 2.17. The predicted molar refractivity (Wildman–Crippen MR) is 112 cm³/mol. The van der Waals surface area contributed by atoms with E-state index in [0.29, 0.717) is 25.4 Å². The van der Waals surface area contributed by atoms with Crippen LogP contribution < -0.4 is 4.18 Å². The number of carbonyl (C=O) groups is 1. The summed E-state index contributed by atoms with van der Waals surface area (Å²) in [6.07, 6.45) is 3.14. The minimum absolute atomic E-state index is 0.126. The molecule has 2 aromatic carbocycles. The molecule has 0 aromatic heterocycles. The van der Waals surface area contributed by atoms with E-state index in [2.05, 4.69) is 13.8 Å². The van der Waals surface area contributed by atoms with Crippen molar-refractivity contribution in [2.24, 2.45) is 5.92 Å². The molecule has 0 atom stereocenters. The van der Waals surface area contributed by atoms with Gasteiger partial charge in [-0.3, -0.25) is 4.79 Å². The van der Waals surface area contributed by atoms with Crippen molar-refractivity contribution < 1.29 is 17.4 Å². The summed E-state index contributed by atoms with van der Waals surface area (Å²) < 4.78 is 27.3. The van der Waals surface area contributed by atoms with Crippen molar-refractivity contribution in [2.75, 3.05) is 12.8 Å². The van der Waals surface area contributed by atoms with E-state index in [9.17, 15) is 13.2 Å². The van der Waals surface area contributed by atoms with Crippen LogP contribution in [0, 0.1) is 5.92 Å². The standard InChI is InChI=1S/C22H29NO4S/c1-18(2)15-16-23(22(24)14-11-19-7-5-4-6-8-19)17-20-9-12-21(13-10-20)27-28(3,25)26/h4-10,12-13,18H,11,14-17H2,1-3H3. The average Bonchev–Trinajstić information content (AvgIpc) is 2.64. The molecule has 0 aliphatic rings. The van der Waals surface area contributed by atoms with Crippen molar-refractivity contribution in [3.05, 3.63) is 65.7 Å². The van der Waals surface area contributed by atoms with E-state index in [-0.39, 0.29) is 11.7 Å². The van der Waals surface area contributed by atoms with Crippen LogP contribution in [0.4, 0.5) is 0 Å². The summed E-state index contributed by atoms with van der Waals surface area (Å²) in [7, 11) is -3.54. The van der Waals surface area contributed by atoms with Gasteiger partial charge in [0.1, 0.15) is 5.75 Å². The first-order valence-corrected chi connectivity index (χ1v) is 11.3. The molecule has 28 heavy (non-hydrogen) atoms. The number of carbonyl (C=O) groups excluding carboxylic acids is 1. The third kappa shape index (κ3) is 8.13. The van der Waals surface area contributed by atoms with Gasteiger partial charge in [-0.15, -0.1) is 0 Å². The zero-order valence-electron chi connectivity index (χ0n) is 16.8. The van der Waals surface area contributed by atoms with Gasteiger partial charge < -0.3 is 9.08 Å². The fourth-order valence-electron chi connectivity index (χ4n) is 2.81. The Morgan fingerprint density at radius 2 is 1.64 bits per heavy atom. The molecule has 0 saturated carbocycles. The van der Waals surface area contributed by atoms with Crippen LogP contribution in [0.3, 0.4) is 0 Å². The zero-order valence-corrected chi connectivity index (χ0v) is 17.6. The number of aryl methyl sites for hydroxylation is 1. The van der Waals surface area contributed by atoms with Crippen molar-refractivity contribution in [1.82, 2.24) is 4.90 Å². The van der Waals surface area contributed by atoms with Gasteiger partial charge in [0.25, 0.3) is 0 Å². The zero-order chi connectivity index (χ0) is 20.6. The van der Waals surface area contributed by atoms with Gasteiger partial charge in [-0.05, 0) is 42.0 Å². The first-order chi connectivity index (χ1) is 13.2. The highest BCUT2D eigenvalue weighted by molar-refractivity contribution is 7.86. The number of amides is 1. The first-order valence-electron chi connectivity index (χ1n) is 9.53. The summed E-state index contributed by atoms with van der Waals surface area (Å²) in [5.74, 6) is 0.909. The molecule has 2 aromatic rings. The molecule has 0 radical (unpaired) electrons. The van der Waals surface area contributed by atoms with E-state index in [1.165, 1.54) is 0 Å².